The Morgan fingerprint density at radius 1 is 1.26 bits per heavy atom. The number of anilines is 1. The number of hydrogen-bond acceptors (Lipinski definition) is 3. The summed E-state index contributed by atoms with van der Waals surface area (Å²) in [5, 5.41) is 0. The van der Waals surface area contributed by atoms with Crippen LogP contribution in [-0.2, 0) is 16.0 Å². The fourth-order valence-electron chi connectivity index (χ4n) is 2.07. The third kappa shape index (κ3) is 3.47. The number of hydrogen-bond donors (Lipinski definition) is 1. The number of nitrogens with two attached hydrogens (primary N) is 1. The monoisotopic (exact) mass is 261 g/mol. The number of aryl methyl sites for hydroxylation is 1. The Hall–Kier alpha value is -2.04. The zero-order valence-electron chi connectivity index (χ0n) is 11.1. The van der Waals surface area contributed by atoms with Gasteiger partial charge in [0.05, 0.1) is 6.54 Å². The van der Waals surface area contributed by atoms with Gasteiger partial charge in [-0.15, -0.1) is 0 Å². The molecule has 0 aromatic heterocycles. The topological polar surface area (TPSA) is 66.6 Å². The molecule has 1 saturated heterocycles. The first kappa shape index (κ1) is 13.4. The normalized spacial score (nSPS) is 15.7. The maximum atomic E-state index is 12.0. The minimum atomic E-state index is 0.00656. The van der Waals surface area contributed by atoms with Crippen molar-refractivity contribution < 1.29 is 9.59 Å². The second-order valence-corrected chi connectivity index (χ2v) is 4.87. The lowest BCUT2D eigenvalue weighted by atomic mass is 10.1. The first-order valence-electron chi connectivity index (χ1n) is 6.42. The molecule has 0 radical (unpaired) electrons. The van der Waals surface area contributed by atoms with E-state index in [0.717, 1.165) is 11.3 Å². The number of benzene rings is 1. The Morgan fingerprint density at radius 3 is 2.58 bits per heavy atom. The summed E-state index contributed by atoms with van der Waals surface area (Å²) in [6.45, 7) is 1.45. The van der Waals surface area contributed by atoms with Gasteiger partial charge >= 0.3 is 0 Å². The van der Waals surface area contributed by atoms with Crippen molar-refractivity contribution in [2.75, 3.05) is 32.4 Å². The fourth-order valence-corrected chi connectivity index (χ4v) is 2.07. The van der Waals surface area contributed by atoms with E-state index in [2.05, 4.69) is 0 Å². The van der Waals surface area contributed by atoms with Crippen LogP contribution in [-0.4, -0.2) is 48.3 Å². The summed E-state index contributed by atoms with van der Waals surface area (Å²) in [5.74, 6) is 0.0466. The van der Waals surface area contributed by atoms with E-state index in [1.165, 1.54) is 0 Å². The highest BCUT2D eigenvalue weighted by atomic mass is 16.2. The van der Waals surface area contributed by atoms with Crippen molar-refractivity contribution in [1.29, 1.82) is 0 Å². The Labute approximate surface area is 113 Å². The molecule has 0 spiro atoms. The lowest BCUT2D eigenvalue weighted by molar-refractivity contribution is -0.144. The molecule has 0 saturated carbocycles. The van der Waals surface area contributed by atoms with Crippen LogP contribution in [0, 0.1) is 0 Å². The molecule has 1 aromatic carbocycles. The summed E-state index contributed by atoms with van der Waals surface area (Å²) in [6, 6.07) is 7.52. The molecule has 2 N–H and O–H groups in total. The van der Waals surface area contributed by atoms with Gasteiger partial charge in [0.1, 0.15) is 0 Å². The van der Waals surface area contributed by atoms with Crippen molar-refractivity contribution in [3.63, 3.8) is 0 Å². The van der Waals surface area contributed by atoms with Crippen LogP contribution in [0.25, 0.3) is 0 Å². The minimum Gasteiger partial charge on any atom is -0.399 e. The molecular formula is C14H19N3O2. The quantitative estimate of drug-likeness (QED) is 0.806. The number of carbonyl (C=O) groups excluding carboxylic acids is 2. The molecule has 0 aliphatic carbocycles. The van der Waals surface area contributed by atoms with E-state index >= 15 is 0 Å². The highest BCUT2D eigenvalue weighted by molar-refractivity contribution is 5.85. The van der Waals surface area contributed by atoms with Crippen LogP contribution in [0.4, 0.5) is 5.69 Å². The number of nitrogen functional groups attached to an aromatic ring is 1. The number of carbonyl (C=O) groups is 2. The standard InChI is InChI=1S/C14H19N3O2/c1-16-8-9-17(10-14(16)19)13(18)7-4-11-2-5-12(15)6-3-11/h2-3,5-6H,4,7-10,15H2,1H3. The van der Waals surface area contributed by atoms with E-state index in [1.807, 2.05) is 24.3 Å². The van der Waals surface area contributed by atoms with Crippen LogP contribution in [0.3, 0.4) is 0 Å². The first-order valence-corrected chi connectivity index (χ1v) is 6.42. The number of nitrogens with zero attached hydrogens (tertiary/aromatic N) is 2. The van der Waals surface area contributed by atoms with Crippen molar-refractivity contribution >= 4 is 17.5 Å². The van der Waals surface area contributed by atoms with Gasteiger partial charge in [0.2, 0.25) is 11.8 Å². The predicted octanol–water partition coefficient (Wildman–Crippen LogP) is 0.502. The first-order chi connectivity index (χ1) is 9.06. The minimum absolute atomic E-state index is 0.00656. The number of rotatable bonds is 3. The Bertz CT molecular complexity index is 470. The lowest BCUT2D eigenvalue weighted by Gasteiger charge is -2.32. The van der Waals surface area contributed by atoms with Gasteiger partial charge in [-0.1, -0.05) is 12.1 Å². The predicted molar refractivity (Wildman–Crippen MR) is 73.4 cm³/mol. The van der Waals surface area contributed by atoms with E-state index in [1.54, 1.807) is 16.8 Å². The largest absolute Gasteiger partial charge is 0.399 e. The molecule has 2 amide bonds. The second kappa shape index (κ2) is 5.73. The second-order valence-electron chi connectivity index (χ2n) is 4.87. The Morgan fingerprint density at radius 2 is 1.95 bits per heavy atom. The van der Waals surface area contributed by atoms with Crippen LogP contribution in [0.15, 0.2) is 24.3 Å². The number of piperazine rings is 1. The molecule has 1 aliphatic heterocycles. The zero-order chi connectivity index (χ0) is 13.8. The van der Waals surface area contributed by atoms with Crippen LogP contribution in [0.1, 0.15) is 12.0 Å². The van der Waals surface area contributed by atoms with E-state index in [-0.39, 0.29) is 18.4 Å². The van der Waals surface area contributed by atoms with E-state index < -0.39 is 0 Å². The van der Waals surface area contributed by atoms with Crippen molar-refractivity contribution in [3.8, 4) is 0 Å². The molecule has 5 heteroatoms. The lowest BCUT2D eigenvalue weighted by Crippen LogP contribution is -2.50. The molecule has 1 aromatic rings. The summed E-state index contributed by atoms with van der Waals surface area (Å²) in [4.78, 5) is 26.9. The molecule has 5 nitrogen and oxygen atoms in total. The van der Waals surface area contributed by atoms with Gasteiger partial charge in [0.15, 0.2) is 0 Å². The summed E-state index contributed by atoms with van der Waals surface area (Å²) < 4.78 is 0. The highest BCUT2D eigenvalue weighted by Gasteiger charge is 2.24. The number of amides is 2. The zero-order valence-corrected chi connectivity index (χ0v) is 11.1. The Kier molecular flexibility index (Phi) is 4.04. The Balaban J connectivity index is 1.84. The van der Waals surface area contributed by atoms with Gasteiger partial charge in [0.25, 0.3) is 0 Å². The number of likely N-dealkylation sites (N-methyl/N-ethyl adjacent to an activating group) is 1. The van der Waals surface area contributed by atoms with Crippen molar-refractivity contribution in [2.45, 2.75) is 12.8 Å². The van der Waals surface area contributed by atoms with Gasteiger partial charge in [-0.05, 0) is 24.1 Å². The highest BCUT2D eigenvalue weighted by Crippen LogP contribution is 2.10. The van der Waals surface area contributed by atoms with Crippen molar-refractivity contribution in [1.82, 2.24) is 9.80 Å². The molecule has 2 rings (SSSR count). The third-order valence-corrected chi connectivity index (χ3v) is 3.42. The molecule has 1 fully saturated rings. The van der Waals surface area contributed by atoms with Gasteiger partial charge in [-0.3, -0.25) is 9.59 Å². The van der Waals surface area contributed by atoms with Gasteiger partial charge in [-0.25, -0.2) is 0 Å². The molecule has 0 bridgehead atoms. The SMILES string of the molecule is CN1CCN(C(=O)CCc2ccc(N)cc2)CC1=O. The average Bonchev–Trinajstić information content (AvgIpc) is 2.41. The van der Waals surface area contributed by atoms with Gasteiger partial charge in [-0.2, -0.15) is 0 Å². The molecule has 102 valence electrons. The average molecular weight is 261 g/mol. The van der Waals surface area contributed by atoms with Crippen LogP contribution < -0.4 is 5.73 Å². The molecule has 1 heterocycles. The van der Waals surface area contributed by atoms with Gasteiger partial charge in [0, 0.05) is 32.2 Å². The summed E-state index contributed by atoms with van der Waals surface area (Å²) in [6.07, 6.45) is 1.11. The molecule has 19 heavy (non-hydrogen) atoms. The van der Waals surface area contributed by atoms with E-state index in [4.69, 9.17) is 5.73 Å². The molecular weight excluding hydrogens is 242 g/mol. The van der Waals surface area contributed by atoms with Crippen LogP contribution >= 0.6 is 0 Å². The van der Waals surface area contributed by atoms with E-state index in [9.17, 15) is 9.59 Å². The summed E-state index contributed by atoms with van der Waals surface area (Å²) >= 11 is 0. The summed E-state index contributed by atoms with van der Waals surface area (Å²) in [7, 11) is 1.76. The maximum absolute atomic E-state index is 12.0. The smallest absolute Gasteiger partial charge is 0.241 e. The fraction of sp³-hybridized carbons (Fsp3) is 0.429. The van der Waals surface area contributed by atoms with Crippen LogP contribution in [0.5, 0.6) is 0 Å². The van der Waals surface area contributed by atoms with Gasteiger partial charge < -0.3 is 15.5 Å². The van der Waals surface area contributed by atoms with Crippen molar-refractivity contribution in [2.24, 2.45) is 0 Å². The molecule has 0 atom stereocenters. The summed E-state index contributed by atoms with van der Waals surface area (Å²) in [5.41, 5.74) is 7.42. The third-order valence-electron chi connectivity index (χ3n) is 3.42. The van der Waals surface area contributed by atoms with Crippen molar-refractivity contribution in [3.05, 3.63) is 29.8 Å². The van der Waals surface area contributed by atoms with E-state index in [0.29, 0.717) is 25.9 Å². The molecule has 0 unspecified atom stereocenters. The van der Waals surface area contributed by atoms with Crippen LogP contribution in [0.2, 0.25) is 0 Å². The maximum Gasteiger partial charge on any atom is 0.241 e. The molecule has 1 aliphatic rings.